The molecule has 4 rings (SSSR count). The summed E-state index contributed by atoms with van der Waals surface area (Å²) in [5.41, 5.74) is 3.54. The number of benzene rings is 1. The second-order valence-corrected chi connectivity index (χ2v) is 6.79. The SMILES string of the molecule is Cc1cnccc1N1CCN(C(=O)[C@@H]2COc3ccccc3C2)CC1. The molecule has 5 nitrogen and oxygen atoms in total. The first kappa shape index (κ1) is 15.9. The first-order valence-corrected chi connectivity index (χ1v) is 8.87. The lowest BCUT2D eigenvalue weighted by Gasteiger charge is -2.38. The van der Waals surface area contributed by atoms with Crippen LogP contribution in [0, 0.1) is 12.8 Å². The minimum absolute atomic E-state index is 0.0656. The molecule has 2 aliphatic heterocycles. The van der Waals surface area contributed by atoms with Gasteiger partial charge in [0.25, 0.3) is 0 Å². The molecule has 1 saturated heterocycles. The van der Waals surface area contributed by atoms with Crippen LogP contribution in [0.1, 0.15) is 11.1 Å². The van der Waals surface area contributed by atoms with Crippen molar-refractivity contribution in [1.29, 1.82) is 0 Å². The number of rotatable bonds is 2. The number of nitrogens with zero attached hydrogens (tertiary/aromatic N) is 3. The first-order chi connectivity index (χ1) is 12.2. The van der Waals surface area contributed by atoms with Gasteiger partial charge in [0.15, 0.2) is 0 Å². The molecule has 130 valence electrons. The number of aryl methyl sites for hydroxylation is 1. The van der Waals surface area contributed by atoms with E-state index in [9.17, 15) is 4.79 Å². The van der Waals surface area contributed by atoms with E-state index >= 15 is 0 Å². The Bertz CT molecular complexity index is 769. The van der Waals surface area contributed by atoms with Crippen LogP contribution in [0.25, 0.3) is 0 Å². The van der Waals surface area contributed by atoms with Gasteiger partial charge in [-0.2, -0.15) is 0 Å². The molecule has 0 radical (unpaired) electrons. The Labute approximate surface area is 148 Å². The van der Waals surface area contributed by atoms with Crippen molar-refractivity contribution in [1.82, 2.24) is 9.88 Å². The second-order valence-electron chi connectivity index (χ2n) is 6.79. The van der Waals surface area contributed by atoms with E-state index in [0.717, 1.165) is 43.9 Å². The molecule has 3 heterocycles. The third-order valence-corrected chi connectivity index (χ3v) is 5.15. The maximum absolute atomic E-state index is 12.9. The summed E-state index contributed by atoms with van der Waals surface area (Å²) in [6, 6.07) is 10.1. The number of amides is 1. The molecule has 1 atom stereocenters. The molecule has 0 N–H and O–H groups in total. The highest BCUT2D eigenvalue weighted by atomic mass is 16.5. The molecule has 0 unspecified atom stereocenters. The van der Waals surface area contributed by atoms with Gasteiger partial charge < -0.3 is 14.5 Å². The molecular weight excluding hydrogens is 314 g/mol. The lowest BCUT2D eigenvalue weighted by molar-refractivity contribution is -0.137. The highest BCUT2D eigenvalue weighted by molar-refractivity contribution is 5.80. The van der Waals surface area contributed by atoms with Gasteiger partial charge in [-0.15, -0.1) is 0 Å². The summed E-state index contributed by atoms with van der Waals surface area (Å²) in [5, 5.41) is 0. The van der Waals surface area contributed by atoms with Crippen molar-refractivity contribution < 1.29 is 9.53 Å². The second kappa shape index (κ2) is 6.75. The zero-order chi connectivity index (χ0) is 17.2. The van der Waals surface area contributed by atoms with Gasteiger partial charge in [0, 0.05) is 44.3 Å². The van der Waals surface area contributed by atoms with E-state index in [0.29, 0.717) is 6.61 Å². The van der Waals surface area contributed by atoms with Crippen molar-refractivity contribution >= 4 is 11.6 Å². The van der Waals surface area contributed by atoms with Crippen LogP contribution in [-0.4, -0.2) is 48.6 Å². The number of hydrogen-bond donors (Lipinski definition) is 0. The van der Waals surface area contributed by atoms with Gasteiger partial charge in [-0.05, 0) is 36.6 Å². The molecule has 2 aromatic rings. The average Bonchev–Trinajstić information content (AvgIpc) is 2.67. The zero-order valence-corrected chi connectivity index (χ0v) is 14.5. The van der Waals surface area contributed by atoms with Crippen LogP contribution >= 0.6 is 0 Å². The van der Waals surface area contributed by atoms with Gasteiger partial charge in [0.1, 0.15) is 12.4 Å². The standard InChI is InChI=1S/C20H23N3O2/c1-15-13-21-7-6-18(15)22-8-10-23(11-9-22)20(24)17-12-16-4-2-3-5-19(16)25-14-17/h2-7,13,17H,8-12,14H2,1H3/t17-/m0/s1. The van der Waals surface area contributed by atoms with Crippen molar-refractivity contribution in [3.63, 3.8) is 0 Å². The zero-order valence-electron chi connectivity index (χ0n) is 14.5. The molecule has 1 aromatic carbocycles. The van der Waals surface area contributed by atoms with Gasteiger partial charge in [0.05, 0.1) is 5.92 Å². The lowest BCUT2D eigenvalue weighted by atomic mass is 9.95. The molecule has 1 aromatic heterocycles. The highest BCUT2D eigenvalue weighted by Crippen LogP contribution is 2.28. The van der Waals surface area contributed by atoms with E-state index < -0.39 is 0 Å². The van der Waals surface area contributed by atoms with Crippen molar-refractivity contribution in [2.75, 3.05) is 37.7 Å². The molecular formula is C20H23N3O2. The average molecular weight is 337 g/mol. The number of fused-ring (bicyclic) bond motifs is 1. The number of aromatic nitrogens is 1. The maximum Gasteiger partial charge on any atom is 0.229 e. The molecule has 25 heavy (non-hydrogen) atoms. The monoisotopic (exact) mass is 337 g/mol. The predicted octanol–water partition coefficient (Wildman–Crippen LogP) is 2.29. The molecule has 0 spiro atoms. The van der Waals surface area contributed by atoms with Crippen LogP contribution in [0.2, 0.25) is 0 Å². The van der Waals surface area contributed by atoms with E-state index in [1.807, 2.05) is 35.5 Å². The Morgan fingerprint density at radius 2 is 1.96 bits per heavy atom. The summed E-state index contributed by atoms with van der Waals surface area (Å²) in [6.45, 7) is 5.81. The fourth-order valence-electron chi connectivity index (χ4n) is 3.73. The molecule has 5 heteroatoms. The summed E-state index contributed by atoms with van der Waals surface area (Å²) in [5.74, 6) is 1.08. The van der Waals surface area contributed by atoms with Crippen molar-refractivity contribution in [3.8, 4) is 5.75 Å². The summed E-state index contributed by atoms with van der Waals surface area (Å²) in [4.78, 5) is 21.4. The molecule has 1 amide bonds. The van der Waals surface area contributed by atoms with Gasteiger partial charge in [-0.1, -0.05) is 18.2 Å². The number of anilines is 1. The number of hydrogen-bond acceptors (Lipinski definition) is 4. The molecule has 0 aliphatic carbocycles. The fourth-order valence-corrected chi connectivity index (χ4v) is 3.73. The van der Waals surface area contributed by atoms with Crippen LogP contribution in [0.3, 0.4) is 0 Å². The minimum Gasteiger partial charge on any atom is -0.492 e. The number of ether oxygens (including phenoxy) is 1. The van der Waals surface area contributed by atoms with Crippen molar-refractivity contribution in [3.05, 3.63) is 53.9 Å². The van der Waals surface area contributed by atoms with E-state index in [4.69, 9.17) is 4.74 Å². The van der Waals surface area contributed by atoms with Crippen LogP contribution in [0.15, 0.2) is 42.7 Å². The third kappa shape index (κ3) is 3.18. The Morgan fingerprint density at radius 3 is 2.76 bits per heavy atom. The molecule has 0 bridgehead atoms. The Balaban J connectivity index is 1.38. The topological polar surface area (TPSA) is 45.7 Å². The fraction of sp³-hybridized carbons (Fsp3) is 0.400. The number of carbonyl (C=O) groups is 1. The van der Waals surface area contributed by atoms with E-state index in [1.165, 1.54) is 11.3 Å². The summed E-state index contributed by atoms with van der Waals surface area (Å²) < 4.78 is 5.79. The quantitative estimate of drug-likeness (QED) is 0.843. The Morgan fingerprint density at radius 1 is 1.16 bits per heavy atom. The summed E-state index contributed by atoms with van der Waals surface area (Å²) in [6.07, 6.45) is 4.50. The molecule has 2 aliphatic rings. The van der Waals surface area contributed by atoms with E-state index in [1.54, 1.807) is 0 Å². The maximum atomic E-state index is 12.9. The lowest BCUT2D eigenvalue weighted by Crippen LogP contribution is -2.51. The van der Waals surface area contributed by atoms with E-state index in [2.05, 4.69) is 28.9 Å². The summed E-state index contributed by atoms with van der Waals surface area (Å²) in [7, 11) is 0. The number of carbonyl (C=O) groups excluding carboxylic acids is 1. The largest absolute Gasteiger partial charge is 0.492 e. The van der Waals surface area contributed by atoms with E-state index in [-0.39, 0.29) is 11.8 Å². The summed E-state index contributed by atoms with van der Waals surface area (Å²) >= 11 is 0. The van der Waals surface area contributed by atoms with Crippen LogP contribution in [0.4, 0.5) is 5.69 Å². The Hall–Kier alpha value is -2.56. The minimum atomic E-state index is -0.0656. The smallest absolute Gasteiger partial charge is 0.229 e. The predicted molar refractivity (Wildman–Crippen MR) is 96.9 cm³/mol. The third-order valence-electron chi connectivity index (χ3n) is 5.15. The van der Waals surface area contributed by atoms with Gasteiger partial charge in [0.2, 0.25) is 5.91 Å². The first-order valence-electron chi connectivity index (χ1n) is 8.87. The van der Waals surface area contributed by atoms with Crippen LogP contribution in [0.5, 0.6) is 5.75 Å². The van der Waals surface area contributed by atoms with Gasteiger partial charge in [-0.3, -0.25) is 9.78 Å². The number of piperazine rings is 1. The van der Waals surface area contributed by atoms with Crippen molar-refractivity contribution in [2.45, 2.75) is 13.3 Å². The van der Waals surface area contributed by atoms with Gasteiger partial charge in [-0.25, -0.2) is 0 Å². The normalized spacial score (nSPS) is 20.0. The van der Waals surface area contributed by atoms with Gasteiger partial charge >= 0.3 is 0 Å². The highest BCUT2D eigenvalue weighted by Gasteiger charge is 2.31. The molecule has 0 saturated carbocycles. The van der Waals surface area contributed by atoms with Crippen molar-refractivity contribution in [2.24, 2.45) is 5.92 Å². The number of para-hydroxylation sites is 1. The van der Waals surface area contributed by atoms with Crippen LogP contribution < -0.4 is 9.64 Å². The Kier molecular flexibility index (Phi) is 4.30. The number of pyridine rings is 1. The van der Waals surface area contributed by atoms with Crippen LogP contribution in [-0.2, 0) is 11.2 Å². The molecule has 1 fully saturated rings.